The first-order chi connectivity index (χ1) is 9.28. The van der Waals surface area contributed by atoms with E-state index in [1.165, 1.54) is 12.1 Å². The zero-order valence-corrected chi connectivity index (χ0v) is 13.3. The molecule has 2 N–H and O–H groups in total. The molecule has 0 saturated carbocycles. The van der Waals surface area contributed by atoms with Crippen LogP contribution < -0.4 is 4.72 Å². The topological polar surface area (TPSA) is 66.4 Å². The summed E-state index contributed by atoms with van der Waals surface area (Å²) in [5.74, 6) is -0.219. The molecule has 0 fully saturated rings. The van der Waals surface area contributed by atoms with Gasteiger partial charge in [-0.1, -0.05) is 52.2 Å². The van der Waals surface area contributed by atoms with E-state index in [0.717, 1.165) is 25.7 Å². The van der Waals surface area contributed by atoms with Crippen LogP contribution in [0.25, 0.3) is 0 Å². The average Bonchev–Trinajstić information content (AvgIpc) is 2.37. The van der Waals surface area contributed by atoms with Gasteiger partial charge in [0, 0.05) is 6.54 Å². The fraction of sp³-hybridized carbons (Fsp3) is 0.600. The van der Waals surface area contributed by atoms with Crippen LogP contribution in [-0.2, 0) is 10.0 Å². The Morgan fingerprint density at radius 1 is 1.20 bits per heavy atom. The van der Waals surface area contributed by atoms with Gasteiger partial charge in [0.1, 0.15) is 10.6 Å². The van der Waals surface area contributed by atoms with Crippen molar-refractivity contribution in [2.75, 3.05) is 6.54 Å². The van der Waals surface area contributed by atoms with Gasteiger partial charge < -0.3 is 5.11 Å². The molecule has 0 aliphatic heterocycles. The first-order valence-corrected chi connectivity index (χ1v) is 8.54. The highest BCUT2D eigenvalue weighted by atomic mass is 32.2. The Morgan fingerprint density at radius 3 is 2.45 bits per heavy atom. The zero-order chi connectivity index (χ0) is 15.2. The molecule has 0 unspecified atom stereocenters. The van der Waals surface area contributed by atoms with Gasteiger partial charge >= 0.3 is 0 Å². The second kappa shape index (κ2) is 7.09. The molecule has 0 heterocycles. The van der Waals surface area contributed by atoms with Gasteiger partial charge in [-0.05, 0) is 24.0 Å². The molecule has 5 heteroatoms. The largest absolute Gasteiger partial charge is 0.507 e. The Balaban J connectivity index is 2.66. The van der Waals surface area contributed by atoms with Gasteiger partial charge in [0.25, 0.3) is 0 Å². The van der Waals surface area contributed by atoms with Gasteiger partial charge in [-0.3, -0.25) is 0 Å². The second-order valence-electron chi connectivity index (χ2n) is 5.91. The van der Waals surface area contributed by atoms with Crippen LogP contribution in [0.5, 0.6) is 5.75 Å². The van der Waals surface area contributed by atoms with Crippen molar-refractivity contribution in [3.63, 3.8) is 0 Å². The molecule has 0 radical (unpaired) electrons. The van der Waals surface area contributed by atoms with E-state index in [1.807, 2.05) is 0 Å². The van der Waals surface area contributed by atoms with Crippen molar-refractivity contribution in [3.8, 4) is 5.75 Å². The number of benzene rings is 1. The SMILES string of the molecule is CCCCCC(C)(C)CNS(=O)(=O)c1ccccc1O. The van der Waals surface area contributed by atoms with E-state index in [0.29, 0.717) is 6.54 Å². The van der Waals surface area contributed by atoms with Crippen molar-refractivity contribution in [3.05, 3.63) is 24.3 Å². The molecule has 0 amide bonds. The highest BCUT2D eigenvalue weighted by Gasteiger charge is 2.23. The predicted molar refractivity (Wildman–Crippen MR) is 81.2 cm³/mol. The summed E-state index contributed by atoms with van der Waals surface area (Å²) in [5, 5.41) is 9.63. The highest BCUT2D eigenvalue weighted by Crippen LogP contribution is 2.25. The van der Waals surface area contributed by atoms with E-state index in [1.54, 1.807) is 12.1 Å². The third-order valence-corrected chi connectivity index (χ3v) is 4.80. The maximum Gasteiger partial charge on any atom is 0.244 e. The molecule has 20 heavy (non-hydrogen) atoms. The van der Waals surface area contributed by atoms with Crippen molar-refractivity contribution in [2.24, 2.45) is 5.41 Å². The summed E-state index contributed by atoms with van der Waals surface area (Å²) >= 11 is 0. The number of para-hydroxylation sites is 1. The number of aromatic hydroxyl groups is 1. The minimum atomic E-state index is -3.65. The fourth-order valence-corrected chi connectivity index (χ4v) is 3.33. The Kier molecular flexibility index (Phi) is 6.02. The summed E-state index contributed by atoms with van der Waals surface area (Å²) in [6.45, 7) is 6.62. The molecule has 0 aliphatic carbocycles. The Labute approximate surface area is 122 Å². The Bertz CT molecular complexity index is 524. The van der Waals surface area contributed by atoms with Crippen LogP contribution in [-0.4, -0.2) is 20.1 Å². The van der Waals surface area contributed by atoms with Crippen LogP contribution >= 0.6 is 0 Å². The molecule has 0 saturated heterocycles. The van der Waals surface area contributed by atoms with Gasteiger partial charge in [0.15, 0.2) is 0 Å². The van der Waals surface area contributed by atoms with Crippen LogP contribution in [0.2, 0.25) is 0 Å². The highest BCUT2D eigenvalue weighted by molar-refractivity contribution is 7.89. The summed E-state index contributed by atoms with van der Waals surface area (Å²) in [7, 11) is -3.65. The van der Waals surface area contributed by atoms with E-state index >= 15 is 0 Å². The van der Waals surface area contributed by atoms with Gasteiger partial charge in [0.2, 0.25) is 10.0 Å². The van der Waals surface area contributed by atoms with Crippen LogP contribution in [0.3, 0.4) is 0 Å². The molecule has 1 aromatic carbocycles. The lowest BCUT2D eigenvalue weighted by molar-refractivity contribution is 0.320. The summed E-state index contributed by atoms with van der Waals surface area (Å²) < 4.78 is 26.9. The quantitative estimate of drug-likeness (QED) is 0.724. The van der Waals surface area contributed by atoms with Crippen LogP contribution in [0, 0.1) is 5.41 Å². The fourth-order valence-electron chi connectivity index (χ4n) is 1.99. The third-order valence-electron chi connectivity index (χ3n) is 3.35. The Morgan fingerprint density at radius 2 is 1.85 bits per heavy atom. The molecule has 0 aliphatic rings. The van der Waals surface area contributed by atoms with E-state index < -0.39 is 10.0 Å². The molecular formula is C15H25NO3S. The zero-order valence-electron chi connectivity index (χ0n) is 12.5. The average molecular weight is 299 g/mol. The molecule has 1 rings (SSSR count). The summed E-state index contributed by atoms with van der Waals surface area (Å²) in [4.78, 5) is -0.0654. The summed E-state index contributed by atoms with van der Waals surface area (Å²) in [5.41, 5.74) is -0.0906. The van der Waals surface area contributed by atoms with E-state index in [2.05, 4.69) is 25.5 Å². The molecular weight excluding hydrogens is 274 g/mol. The van der Waals surface area contributed by atoms with E-state index in [-0.39, 0.29) is 16.1 Å². The molecule has 4 nitrogen and oxygen atoms in total. The van der Waals surface area contributed by atoms with Crippen molar-refractivity contribution < 1.29 is 13.5 Å². The van der Waals surface area contributed by atoms with Crippen molar-refractivity contribution >= 4 is 10.0 Å². The number of hydrogen-bond donors (Lipinski definition) is 2. The van der Waals surface area contributed by atoms with Crippen LogP contribution in [0.1, 0.15) is 46.5 Å². The van der Waals surface area contributed by atoms with Crippen LogP contribution in [0.15, 0.2) is 29.2 Å². The molecule has 114 valence electrons. The second-order valence-corrected chi connectivity index (χ2v) is 7.65. The normalized spacial score (nSPS) is 12.6. The summed E-state index contributed by atoms with van der Waals surface area (Å²) in [6.07, 6.45) is 4.39. The number of phenols is 1. The maximum atomic E-state index is 12.2. The smallest absolute Gasteiger partial charge is 0.244 e. The van der Waals surface area contributed by atoms with E-state index in [4.69, 9.17) is 0 Å². The first kappa shape index (κ1) is 17.0. The molecule has 0 atom stereocenters. The van der Waals surface area contributed by atoms with Crippen molar-refractivity contribution in [1.82, 2.24) is 4.72 Å². The molecule has 1 aromatic rings. The lowest BCUT2D eigenvalue weighted by atomic mass is 9.87. The minimum Gasteiger partial charge on any atom is -0.507 e. The maximum absolute atomic E-state index is 12.2. The minimum absolute atomic E-state index is 0.0654. The Hall–Kier alpha value is -1.07. The first-order valence-electron chi connectivity index (χ1n) is 7.06. The number of sulfonamides is 1. The number of hydrogen-bond acceptors (Lipinski definition) is 3. The van der Waals surface area contributed by atoms with Gasteiger partial charge in [-0.15, -0.1) is 0 Å². The van der Waals surface area contributed by atoms with Crippen molar-refractivity contribution in [1.29, 1.82) is 0 Å². The lowest BCUT2D eigenvalue weighted by Gasteiger charge is -2.25. The molecule has 0 aromatic heterocycles. The van der Waals surface area contributed by atoms with E-state index in [9.17, 15) is 13.5 Å². The number of phenolic OH excluding ortho intramolecular Hbond substituents is 1. The monoisotopic (exact) mass is 299 g/mol. The predicted octanol–water partition coefficient (Wildman–Crippen LogP) is 3.28. The van der Waals surface area contributed by atoms with Crippen LogP contribution in [0.4, 0.5) is 0 Å². The number of unbranched alkanes of at least 4 members (excludes halogenated alkanes) is 2. The third kappa shape index (κ3) is 5.13. The number of nitrogens with one attached hydrogen (secondary N) is 1. The lowest BCUT2D eigenvalue weighted by Crippen LogP contribution is -2.34. The standard InChI is InChI=1S/C15H25NO3S/c1-4-5-8-11-15(2,3)12-16-20(18,19)14-10-7-6-9-13(14)17/h6-7,9-10,16-17H,4-5,8,11-12H2,1-3H3. The van der Waals surface area contributed by atoms with Crippen molar-refractivity contribution in [2.45, 2.75) is 51.3 Å². The van der Waals surface area contributed by atoms with Gasteiger partial charge in [-0.25, -0.2) is 13.1 Å². The van der Waals surface area contributed by atoms with Gasteiger partial charge in [-0.2, -0.15) is 0 Å². The van der Waals surface area contributed by atoms with Gasteiger partial charge in [0.05, 0.1) is 0 Å². The number of rotatable bonds is 8. The molecule has 0 bridgehead atoms. The molecule has 0 spiro atoms. The summed E-state index contributed by atoms with van der Waals surface area (Å²) in [6, 6.07) is 5.98.